The number of rotatable bonds is 5. The first kappa shape index (κ1) is 16.9. The quantitative estimate of drug-likeness (QED) is 0.501. The fraction of sp³-hybridized carbons (Fsp3) is 0.143. The average molecular weight is 359 g/mol. The minimum Gasteiger partial charge on any atom is -0.507 e. The third-order valence-electron chi connectivity index (χ3n) is 4.52. The van der Waals surface area contributed by atoms with Crippen LogP contribution >= 0.6 is 0 Å². The number of aromatic hydroxyl groups is 1. The summed E-state index contributed by atoms with van der Waals surface area (Å²) in [5, 5.41) is 21.3. The Kier molecular flexibility index (Phi) is 4.38. The molecule has 136 valence electrons. The second-order valence-corrected chi connectivity index (χ2v) is 6.41. The molecule has 0 saturated carbocycles. The average Bonchev–Trinajstić information content (AvgIpc) is 3.07. The van der Waals surface area contributed by atoms with E-state index in [2.05, 4.69) is 27.9 Å². The van der Waals surface area contributed by atoms with Crippen molar-refractivity contribution in [3.8, 4) is 17.0 Å². The lowest BCUT2D eigenvalue weighted by Crippen LogP contribution is -2.07. The molecular formula is C21H21N5O. The Morgan fingerprint density at radius 1 is 1.07 bits per heavy atom. The van der Waals surface area contributed by atoms with Crippen LogP contribution in [0.5, 0.6) is 5.75 Å². The van der Waals surface area contributed by atoms with Crippen LogP contribution in [0, 0.1) is 6.92 Å². The molecule has 6 heteroatoms. The summed E-state index contributed by atoms with van der Waals surface area (Å²) in [6.07, 6.45) is 1.80. The highest BCUT2D eigenvalue weighted by molar-refractivity contribution is 5.72. The predicted octanol–water partition coefficient (Wildman–Crippen LogP) is 4.06. The van der Waals surface area contributed by atoms with E-state index in [9.17, 15) is 5.11 Å². The minimum atomic E-state index is 0.208. The Labute approximate surface area is 157 Å². The lowest BCUT2D eigenvalue weighted by atomic mass is 10.1. The van der Waals surface area contributed by atoms with Crippen LogP contribution in [0.3, 0.4) is 0 Å². The van der Waals surface area contributed by atoms with Crippen LogP contribution in [-0.4, -0.2) is 26.8 Å². The van der Waals surface area contributed by atoms with Gasteiger partial charge in [0.2, 0.25) is 0 Å². The van der Waals surface area contributed by atoms with Gasteiger partial charge in [0.25, 0.3) is 0 Å². The number of phenolic OH excluding ortho intramolecular Hbond substituents is 1. The van der Waals surface area contributed by atoms with E-state index in [1.54, 1.807) is 22.8 Å². The number of hydrogen-bond donors (Lipinski definition) is 3. The van der Waals surface area contributed by atoms with Crippen LogP contribution in [0.2, 0.25) is 0 Å². The normalized spacial score (nSPS) is 10.9. The Morgan fingerprint density at radius 2 is 1.93 bits per heavy atom. The van der Waals surface area contributed by atoms with Crippen molar-refractivity contribution in [2.24, 2.45) is 0 Å². The number of nitrogens with zero attached hydrogens (tertiary/aromatic N) is 3. The molecule has 2 heterocycles. The first-order chi connectivity index (χ1) is 13.2. The standard InChI is InChI=1S/C21H21N5O/c1-14-12-24-26-20(23-13-15-6-5-7-16(10-15)22-2)11-18(25-21(14)26)17-8-3-4-9-19(17)27/h3-12,22-23,27H,13H2,1-2H3. The van der Waals surface area contributed by atoms with Crippen LogP contribution in [0.25, 0.3) is 16.9 Å². The van der Waals surface area contributed by atoms with E-state index in [-0.39, 0.29) is 5.75 Å². The third-order valence-corrected chi connectivity index (χ3v) is 4.52. The molecule has 6 nitrogen and oxygen atoms in total. The lowest BCUT2D eigenvalue weighted by Gasteiger charge is -2.12. The van der Waals surface area contributed by atoms with Crippen molar-refractivity contribution in [2.45, 2.75) is 13.5 Å². The number of phenols is 1. The van der Waals surface area contributed by atoms with Gasteiger partial charge in [-0.3, -0.25) is 0 Å². The number of fused-ring (bicyclic) bond motifs is 1. The summed E-state index contributed by atoms with van der Waals surface area (Å²) in [5.41, 5.74) is 5.37. The van der Waals surface area contributed by atoms with Gasteiger partial charge in [-0.25, -0.2) is 4.98 Å². The molecule has 4 rings (SSSR count). The van der Waals surface area contributed by atoms with Crippen molar-refractivity contribution >= 4 is 17.2 Å². The fourth-order valence-electron chi connectivity index (χ4n) is 3.06. The molecule has 2 aromatic carbocycles. The highest BCUT2D eigenvalue weighted by atomic mass is 16.3. The SMILES string of the molecule is CNc1cccc(CNc2cc(-c3ccccc3O)nc3c(C)cnn23)c1. The number of para-hydroxylation sites is 1. The van der Waals surface area contributed by atoms with E-state index in [0.717, 1.165) is 28.3 Å². The van der Waals surface area contributed by atoms with Crippen molar-refractivity contribution in [1.82, 2.24) is 14.6 Å². The van der Waals surface area contributed by atoms with E-state index in [4.69, 9.17) is 4.98 Å². The Morgan fingerprint density at radius 3 is 2.74 bits per heavy atom. The lowest BCUT2D eigenvalue weighted by molar-refractivity contribution is 0.477. The molecule has 0 bridgehead atoms. The van der Waals surface area contributed by atoms with Gasteiger partial charge in [-0.05, 0) is 36.8 Å². The van der Waals surface area contributed by atoms with Gasteiger partial charge >= 0.3 is 0 Å². The van der Waals surface area contributed by atoms with Crippen molar-refractivity contribution < 1.29 is 5.11 Å². The Bertz CT molecular complexity index is 1100. The first-order valence-corrected chi connectivity index (χ1v) is 8.80. The maximum atomic E-state index is 10.2. The summed E-state index contributed by atoms with van der Waals surface area (Å²) in [5.74, 6) is 1.03. The van der Waals surface area contributed by atoms with Crippen molar-refractivity contribution in [1.29, 1.82) is 0 Å². The van der Waals surface area contributed by atoms with Gasteiger partial charge in [-0.2, -0.15) is 9.61 Å². The topological polar surface area (TPSA) is 74.5 Å². The monoisotopic (exact) mass is 359 g/mol. The fourth-order valence-corrected chi connectivity index (χ4v) is 3.06. The van der Waals surface area contributed by atoms with Crippen LogP contribution in [0.15, 0.2) is 60.8 Å². The third kappa shape index (κ3) is 3.29. The molecule has 2 aromatic heterocycles. The van der Waals surface area contributed by atoms with Crippen molar-refractivity contribution in [3.63, 3.8) is 0 Å². The molecule has 0 unspecified atom stereocenters. The van der Waals surface area contributed by atoms with Crippen molar-refractivity contribution in [2.75, 3.05) is 17.7 Å². The smallest absolute Gasteiger partial charge is 0.160 e. The zero-order valence-electron chi connectivity index (χ0n) is 15.3. The summed E-state index contributed by atoms with van der Waals surface area (Å²) < 4.78 is 1.79. The van der Waals surface area contributed by atoms with Gasteiger partial charge in [0.15, 0.2) is 5.65 Å². The number of benzene rings is 2. The zero-order valence-corrected chi connectivity index (χ0v) is 15.3. The summed E-state index contributed by atoms with van der Waals surface area (Å²) in [7, 11) is 1.91. The maximum absolute atomic E-state index is 10.2. The summed E-state index contributed by atoms with van der Waals surface area (Å²) >= 11 is 0. The first-order valence-electron chi connectivity index (χ1n) is 8.80. The number of aryl methyl sites for hydroxylation is 1. The molecule has 0 radical (unpaired) electrons. The molecule has 3 N–H and O–H groups in total. The highest BCUT2D eigenvalue weighted by Crippen LogP contribution is 2.30. The van der Waals surface area contributed by atoms with E-state index in [1.165, 1.54) is 0 Å². The molecule has 0 saturated heterocycles. The summed E-state index contributed by atoms with van der Waals surface area (Å²) in [6.45, 7) is 2.62. The van der Waals surface area contributed by atoms with Crippen LogP contribution in [0.4, 0.5) is 11.5 Å². The van der Waals surface area contributed by atoms with Gasteiger partial charge in [0.1, 0.15) is 11.6 Å². The largest absolute Gasteiger partial charge is 0.507 e. The molecular weight excluding hydrogens is 338 g/mol. The summed E-state index contributed by atoms with van der Waals surface area (Å²) in [6, 6.07) is 17.4. The molecule has 0 spiro atoms. The summed E-state index contributed by atoms with van der Waals surface area (Å²) in [4.78, 5) is 4.70. The van der Waals surface area contributed by atoms with E-state index >= 15 is 0 Å². The second-order valence-electron chi connectivity index (χ2n) is 6.41. The molecule has 0 aliphatic carbocycles. The van der Waals surface area contributed by atoms with Crippen LogP contribution in [0.1, 0.15) is 11.1 Å². The molecule has 0 atom stereocenters. The van der Waals surface area contributed by atoms with Crippen molar-refractivity contribution in [3.05, 3.63) is 71.9 Å². The number of anilines is 2. The van der Waals surface area contributed by atoms with Crippen LogP contribution in [-0.2, 0) is 6.54 Å². The second kappa shape index (κ2) is 6.99. The van der Waals surface area contributed by atoms with E-state index < -0.39 is 0 Å². The molecule has 27 heavy (non-hydrogen) atoms. The van der Waals surface area contributed by atoms with E-state index in [1.807, 2.05) is 44.3 Å². The van der Waals surface area contributed by atoms with Gasteiger partial charge in [-0.1, -0.05) is 24.3 Å². The van der Waals surface area contributed by atoms with Gasteiger partial charge in [0, 0.05) is 36.5 Å². The van der Waals surface area contributed by atoms with Gasteiger partial charge in [-0.15, -0.1) is 0 Å². The molecule has 0 fully saturated rings. The molecule has 4 aromatic rings. The Hall–Kier alpha value is -3.54. The predicted molar refractivity (Wildman–Crippen MR) is 108 cm³/mol. The number of nitrogens with one attached hydrogen (secondary N) is 2. The molecule has 0 aliphatic rings. The highest BCUT2D eigenvalue weighted by Gasteiger charge is 2.12. The zero-order chi connectivity index (χ0) is 18.8. The van der Waals surface area contributed by atoms with Gasteiger partial charge in [0.05, 0.1) is 11.9 Å². The number of aromatic nitrogens is 3. The minimum absolute atomic E-state index is 0.208. The molecule has 0 amide bonds. The maximum Gasteiger partial charge on any atom is 0.160 e. The van der Waals surface area contributed by atoms with E-state index in [0.29, 0.717) is 17.8 Å². The molecule has 0 aliphatic heterocycles. The Balaban J connectivity index is 1.74. The van der Waals surface area contributed by atoms with Gasteiger partial charge < -0.3 is 15.7 Å². The number of hydrogen-bond acceptors (Lipinski definition) is 5. The van der Waals surface area contributed by atoms with Crippen LogP contribution < -0.4 is 10.6 Å².